The first-order valence-corrected chi connectivity index (χ1v) is 7.50. The van der Waals surface area contributed by atoms with Crippen molar-refractivity contribution in [2.75, 3.05) is 11.9 Å². The Labute approximate surface area is 147 Å². The normalized spacial score (nSPS) is 11.0. The molecule has 0 aliphatic heterocycles. The van der Waals surface area contributed by atoms with Gasteiger partial charge in [0.2, 0.25) is 0 Å². The lowest BCUT2D eigenvalue weighted by Crippen LogP contribution is -2.20. The fraction of sp³-hybridized carbons (Fsp3) is 0.133. The van der Waals surface area contributed by atoms with Crippen LogP contribution in [0.2, 0.25) is 0 Å². The quantitative estimate of drug-likeness (QED) is 0.576. The van der Waals surface area contributed by atoms with Crippen molar-refractivity contribution in [1.29, 1.82) is 0 Å². The minimum Gasteiger partial charge on any atom is -0.484 e. The Kier molecular flexibility index (Phi) is 5.62. The Bertz CT molecular complexity index is 812. The number of nitro groups is 1. The van der Waals surface area contributed by atoms with Gasteiger partial charge < -0.3 is 10.1 Å². The average Bonchev–Trinajstić information content (AvgIpc) is 2.52. The highest BCUT2D eigenvalue weighted by molar-refractivity contribution is 9.10. The number of benzene rings is 2. The highest BCUT2D eigenvalue weighted by atomic mass is 79.9. The highest BCUT2D eigenvalue weighted by Gasteiger charge is 2.38. The summed E-state index contributed by atoms with van der Waals surface area (Å²) in [7, 11) is 0. The third-order valence-corrected chi connectivity index (χ3v) is 3.44. The van der Waals surface area contributed by atoms with Gasteiger partial charge in [-0.2, -0.15) is 13.2 Å². The van der Waals surface area contributed by atoms with Crippen LogP contribution in [0, 0.1) is 10.1 Å². The maximum absolute atomic E-state index is 12.9. The Morgan fingerprint density at radius 2 is 1.96 bits per heavy atom. The van der Waals surface area contributed by atoms with Crippen LogP contribution in [0.3, 0.4) is 0 Å². The molecule has 0 heterocycles. The first-order chi connectivity index (χ1) is 11.7. The summed E-state index contributed by atoms with van der Waals surface area (Å²) in [6.45, 7) is -0.436. The molecule has 25 heavy (non-hydrogen) atoms. The van der Waals surface area contributed by atoms with E-state index < -0.39 is 34.9 Å². The van der Waals surface area contributed by atoms with Crippen LogP contribution >= 0.6 is 15.9 Å². The first-order valence-electron chi connectivity index (χ1n) is 6.70. The number of amides is 1. The Morgan fingerprint density at radius 1 is 1.24 bits per heavy atom. The topological polar surface area (TPSA) is 81.5 Å². The van der Waals surface area contributed by atoms with E-state index in [1.165, 1.54) is 0 Å². The van der Waals surface area contributed by atoms with E-state index in [1.54, 1.807) is 24.3 Å². The van der Waals surface area contributed by atoms with E-state index in [0.29, 0.717) is 17.9 Å². The number of rotatable bonds is 5. The zero-order valence-corrected chi connectivity index (χ0v) is 13.9. The number of alkyl halides is 3. The molecule has 10 heteroatoms. The van der Waals surface area contributed by atoms with Gasteiger partial charge in [0.15, 0.2) is 6.61 Å². The van der Waals surface area contributed by atoms with E-state index >= 15 is 0 Å². The van der Waals surface area contributed by atoms with Crippen molar-refractivity contribution in [2.45, 2.75) is 6.18 Å². The number of carbonyl (C=O) groups is 1. The number of hydrogen-bond acceptors (Lipinski definition) is 4. The summed E-state index contributed by atoms with van der Waals surface area (Å²) in [6, 6.07) is 8.87. The van der Waals surface area contributed by atoms with Gasteiger partial charge in [0, 0.05) is 16.2 Å². The van der Waals surface area contributed by atoms with Crippen molar-refractivity contribution < 1.29 is 27.6 Å². The number of nitro benzene ring substituents is 1. The molecule has 0 saturated carbocycles. The second-order valence-electron chi connectivity index (χ2n) is 4.78. The lowest BCUT2D eigenvalue weighted by molar-refractivity contribution is -0.388. The predicted octanol–water partition coefficient (Wildman–Crippen LogP) is 4.39. The van der Waals surface area contributed by atoms with Gasteiger partial charge in [0.05, 0.1) is 4.92 Å². The van der Waals surface area contributed by atoms with E-state index in [-0.39, 0.29) is 5.69 Å². The molecule has 0 radical (unpaired) electrons. The molecule has 1 amide bonds. The number of halogens is 4. The van der Waals surface area contributed by atoms with Crippen LogP contribution in [-0.2, 0) is 11.0 Å². The van der Waals surface area contributed by atoms with E-state index in [1.807, 2.05) is 0 Å². The molecular formula is C15H10BrF3N2O4. The Hall–Kier alpha value is -2.62. The third-order valence-electron chi connectivity index (χ3n) is 2.95. The number of anilines is 1. The third kappa shape index (κ3) is 5.18. The number of ether oxygens (including phenoxy) is 1. The van der Waals surface area contributed by atoms with Gasteiger partial charge in [-0.15, -0.1) is 0 Å². The van der Waals surface area contributed by atoms with Crippen molar-refractivity contribution in [2.24, 2.45) is 0 Å². The van der Waals surface area contributed by atoms with Gasteiger partial charge in [0.1, 0.15) is 11.3 Å². The minimum absolute atomic E-state index is 0.222. The Balaban J connectivity index is 2.09. The van der Waals surface area contributed by atoms with Gasteiger partial charge in [-0.05, 0) is 30.3 Å². The highest BCUT2D eigenvalue weighted by Crippen LogP contribution is 2.37. The maximum atomic E-state index is 12.9. The van der Waals surface area contributed by atoms with Crippen LogP contribution in [0.4, 0.5) is 24.5 Å². The zero-order valence-electron chi connectivity index (χ0n) is 12.3. The smallest absolute Gasteiger partial charge is 0.423 e. The molecule has 0 aliphatic carbocycles. The molecule has 0 fully saturated rings. The second-order valence-corrected chi connectivity index (χ2v) is 5.70. The minimum atomic E-state index is -4.92. The van der Waals surface area contributed by atoms with E-state index in [9.17, 15) is 28.1 Å². The van der Waals surface area contributed by atoms with Crippen molar-refractivity contribution >= 4 is 33.2 Å². The first kappa shape index (κ1) is 18.7. The monoisotopic (exact) mass is 418 g/mol. The van der Waals surface area contributed by atoms with Crippen LogP contribution in [0.5, 0.6) is 5.75 Å². The van der Waals surface area contributed by atoms with Gasteiger partial charge in [-0.3, -0.25) is 14.9 Å². The summed E-state index contributed by atoms with van der Waals surface area (Å²) >= 11 is 3.23. The van der Waals surface area contributed by atoms with Crippen molar-refractivity contribution in [3.05, 3.63) is 62.6 Å². The molecular weight excluding hydrogens is 409 g/mol. The van der Waals surface area contributed by atoms with Gasteiger partial charge in [0.25, 0.3) is 11.6 Å². The molecule has 0 unspecified atom stereocenters. The molecule has 6 nitrogen and oxygen atoms in total. The lowest BCUT2D eigenvalue weighted by Gasteiger charge is -2.11. The molecule has 0 spiro atoms. The van der Waals surface area contributed by atoms with E-state index in [2.05, 4.69) is 21.2 Å². The molecule has 0 atom stereocenters. The summed E-state index contributed by atoms with van der Waals surface area (Å²) in [5, 5.41) is 12.9. The number of hydrogen-bond donors (Lipinski definition) is 1. The molecule has 0 aromatic heterocycles. The molecule has 0 saturated heterocycles. The van der Waals surface area contributed by atoms with Crippen LogP contribution in [0.25, 0.3) is 0 Å². The molecule has 0 aliphatic rings. The number of carbonyl (C=O) groups excluding carboxylic acids is 1. The van der Waals surface area contributed by atoms with Gasteiger partial charge >= 0.3 is 6.18 Å². The van der Waals surface area contributed by atoms with Crippen molar-refractivity contribution in [3.8, 4) is 5.75 Å². The van der Waals surface area contributed by atoms with Gasteiger partial charge in [-0.1, -0.05) is 22.0 Å². The largest absolute Gasteiger partial charge is 0.484 e. The number of nitrogens with one attached hydrogen (secondary N) is 1. The standard InChI is InChI=1S/C15H10BrF3N2O4/c16-9-2-1-3-11(6-9)25-8-14(22)20-10-4-5-13(21(23)24)12(7-10)15(17,18)19/h1-7H,8H2,(H,20,22). The summed E-state index contributed by atoms with van der Waals surface area (Å²) in [5.41, 5.74) is -2.75. The molecule has 2 rings (SSSR count). The molecule has 132 valence electrons. The maximum Gasteiger partial charge on any atom is 0.423 e. The van der Waals surface area contributed by atoms with E-state index in [4.69, 9.17) is 4.74 Å². The SMILES string of the molecule is O=C(COc1cccc(Br)c1)Nc1ccc([N+](=O)[O-])c(C(F)(F)F)c1. The molecule has 0 bridgehead atoms. The molecule has 2 aromatic rings. The molecule has 1 N–H and O–H groups in total. The molecule has 2 aromatic carbocycles. The van der Waals surface area contributed by atoms with Crippen LogP contribution in [0.15, 0.2) is 46.9 Å². The van der Waals surface area contributed by atoms with Gasteiger partial charge in [-0.25, -0.2) is 0 Å². The van der Waals surface area contributed by atoms with Crippen LogP contribution < -0.4 is 10.1 Å². The van der Waals surface area contributed by atoms with Crippen LogP contribution in [-0.4, -0.2) is 17.4 Å². The fourth-order valence-electron chi connectivity index (χ4n) is 1.90. The van der Waals surface area contributed by atoms with Crippen molar-refractivity contribution in [1.82, 2.24) is 0 Å². The van der Waals surface area contributed by atoms with Crippen molar-refractivity contribution in [3.63, 3.8) is 0 Å². The summed E-state index contributed by atoms with van der Waals surface area (Å²) in [4.78, 5) is 21.3. The average molecular weight is 419 g/mol. The second kappa shape index (κ2) is 7.51. The lowest BCUT2D eigenvalue weighted by atomic mass is 10.1. The Morgan fingerprint density at radius 3 is 2.56 bits per heavy atom. The summed E-state index contributed by atoms with van der Waals surface area (Å²) in [5.74, 6) is -0.314. The summed E-state index contributed by atoms with van der Waals surface area (Å²) < 4.78 is 44.6. The van der Waals surface area contributed by atoms with E-state index in [0.717, 1.165) is 10.5 Å². The zero-order chi connectivity index (χ0) is 18.6. The van der Waals surface area contributed by atoms with Crippen LogP contribution in [0.1, 0.15) is 5.56 Å². The summed E-state index contributed by atoms with van der Waals surface area (Å²) in [6.07, 6.45) is -4.92. The number of nitrogens with zero attached hydrogens (tertiary/aromatic N) is 1. The fourth-order valence-corrected chi connectivity index (χ4v) is 2.28. The predicted molar refractivity (Wildman–Crippen MR) is 86.4 cm³/mol.